The molecule has 1 rings (SSSR count). The molecule has 0 aliphatic rings. The van der Waals surface area contributed by atoms with Crippen molar-refractivity contribution in [2.45, 2.75) is 26.9 Å². The van der Waals surface area contributed by atoms with Crippen LogP contribution < -0.4 is 10.5 Å². The monoisotopic (exact) mass is 264 g/mol. The van der Waals surface area contributed by atoms with Crippen LogP contribution in [0.1, 0.15) is 31.1 Å². The van der Waals surface area contributed by atoms with Crippen molar-refractivity contribution in [2.75, 3.05) is 20.1 Å². The molecule has 0 heterocycles. The maximum atomic E-state index is 12.2. The van der Waals surface area contributed by atoms with Gasteiger partial charge in [0.05, 0.1) is 6.10 Å². The van der Waals surface area contributed by atoms with Gasteiger partial charge in [-0.25, -0.2) is 0 Å². The highest BCUT2D eigenvalue weighted by molar-refractivity contribution is 5.94. The third-order valence-corrected chi connectivity index (χ3v) is 2.81. The van der Waals surface area contributed by atoms with Gasteiger partial charge in [-0.15, -0.1) is 0 Å². The molecular weight excluding hydrogens is 240 g/mol. The van der Waals surface area contributed by atoms with Crippen LogP contribution in [-0.2, 0) is 0 Å². The average molecular weight is 264 g/mol. The molecule has 0 saturated carbocycles. The molecule has 4 heteroatoms. The Bertz CT molecular complexity index is 401. The van der Waals surface area contributed by atoms with Gasteiger partial charge in [-0.1, -0.05) is 6.92 Å². The summed E-state index contributed by atoms with van der Waals surface area (Å²) in [7, 11) is 1.80. The van der Waals surface area contributed by atoms with E-state index in [1.165, 1.54) is 0 Å². The summed E-state index contributed by atoms with van der Waals surface area (Å²) in [5, 5.41) is 0. The van der Waals surface area contributed by atoms with Crippen LogP contribution in [0.2, 0.25) is 0 Å². The lowest BCUT2D eigenvalue weighted by Gasteiger charge is -2.21. The molecule has 19 heavy (non-hydrogen) atoms. The van der Waals surface area contributed by atoms with Gasteiger partial charge in [0.1, 0.15) is 5.75 Å². The zero-order valence-corrected chi connectivity index (χ0v) is 12.2. The third-order valence-electron chi connectivity index (χ3n) is 2.81. The van der Waals surface area contributed by atoms with E-state index in [1.807, 2.05) is 32.9 Å². The summed E-state index contributed by atoms with van der Waals surface area (Å²) >= 11 is 0. The van der Waals surface area contributed by atoms with Crippen molar-refractivity contribution in [1.82, 2.24) is 4.90 Å². The van der Waals surface area contributed by atoms with Crippen LogP contribution in [0.25, 0.3) is 0 Å². The Balaban J connectivity index is 2.67. The van der Waals surface area contributed by atoms with Crippen molar-refractivity contribution in [3.63, 3.8) is 0 Å². The molecule has 0 aliphatic heterocycles. The lowest BCUT2D eigenvalue weighted by atomic mass is 10.1. The van der Waals surface area contributed by atoms with Crippen molar-refractivity contribution in [3.05, 3.63) is 29.8 Å². The lowest BCUT2D eigenvalue weighted by molar-refractivity contribution is 0.0777. The number of benzene rings is 1. The van der Waals surface area contributed by atoms with E-state index >= 15 is 0 Å². The van der Waals surface area contributed by atoms with Crippen LogP contribution in [-0.4, -0.2) is 37.0 Å². The second kappa shape index (κ2) is 7.14. The fourth-order valence-corrected chi connectivity index (χ4v) is 1.79. The van der Waals surface area contributed by atoms with Gasteiger partial charge in [0, 0.05) is 19.2 Å². The minimum absolute atomic E-state index is 0.0106. The average Bonchev–Trinajstić information content (AvgIpc) is 2.37. The molecule has 1 unspecified atom stereocenters. The SMILES string of the molecule is CC(CN)CN(C)C(=O)c1ccc(OC(C)C)cc1. The van der Waals surface area contributed by atoms with E-state index < -0.39 is 0 Å². The second-order valence-corrected chi connectivity index (χ2v) is 5.22. The first-order chi connectivity index (χ1) is 8.93. The normalized spacial score (nSPS) is 12.3. The van der Waals surface area contributed by atoms with Crippen molar-refractivity contribution >= 4 is 5.91 Å². The number of ether oxygens (including phenoxy) is 1. The maximum Gasteiger partial charge on any atom is 0.253 e. The largest absolute Gasteiger partial charge is 0.491 e. The molecule has 0 saturated heterocycles. The predicted molar refractivity (Wildman–Crippen MR) is 77.4 cm³/mol. The molecule has 1 aromatic carbocycles. The molecule has 0 bridgehead atoms. The summed E-state index contributed by atoms with van der Waals surface area (Å²) in [4.78, 5) is 13.9. The first kappa shape index (κ1) is 15.5. The first-order valence-corrected chi connectivity index (χ1v) is 6.66. The number of nitrogens with two attached hydrogens (primary N) is 1. The van der Waals surface area contributed by atoms with E-state index in [0.717, 1.165) is 5.75 Å². The molecule has 1 atom stereocenters. The lowest BCUT2D eigenvalue weighted by Crippen LogP contribution is -2.33. The summed E-state index contributed by atoms with van der Waals surface area (Å²) in [5.74, 6) is 1.10. The number of carbonyl (C=O) groups is 1. The Morgan fingerprint density at radius 1 is 1.26 bits per heavy atom. The zero-order valence-electron chi connectivity index (χ0n) is 12.2. The summed E-state index contributed by atoms with van der Waals surface area (Å²) < 4.78 is 5.55. The van der Waals surface area contributed by atoms with Crippen molar-refractivity contribution in [1.29, 1.82) is 0 Å². The topological polar surface area (TPSA) is 55.6 Å². The molecule has 0 aromatic heterocycles. The second-order valence-electron chi connectivity index (χ2n) is 5.22. The minimum Gasteiger partial charge on any atom is -0.491 e. The highest BCUT2D eigenvalue weighted by Crippen LogP contribution is 2.15. The maximum absolute atomic E-state index is 12.2. The van der Waals surface area contributed by atoms with E-state index in [1.54, 1.807) is 24.1 Å². The number of hydrogen-bond acceptors (Lipinski definition) is 3. The fraction of sp³-hybridized carbons (Fsp3) is 0.533. The van der Waals surface area contributed by atoms with Gasteiger partial charge in [-0.2, -0.15) is 0 Å². The smallest absolute Gasteiger partial charge is 0.253 e. The van der Waals surface area contributed by atoms with Gasteiger partial charge in [0.25, 0.3) is 5.91 Å². The van der Waals surface area contributed by atoms with E-state index in [0.29, 0.717) is 24.6 Å². The quantitative estimate of drug-likeness (QED) is 0.856. The van der Waals surface area contributed by atoms with Gasteiger partial charge in [0.2, 0.25) is 0 Å². The standard InChI is InChI=1S/C15H24N2O2/c1-11(2)19-14-7-5-13(6-8-14)15(18)17(4)10-12(3)9-16/h5-8,11-12H,9-10,16H2,1-4H3. The molecule has 0 aliphatic carbocycles. The van der Waals surface area contributed by atoms with Crippen molar-refractivity contribution in [3.8, 4) is 5.75 Å². The molecule has 4 nitrogen and oxygen atoms in total. The Hall–Kier alpha value is -1.55. The van der Waals surface area contributed by atoms with Crippen LogP contribution >= 0.6 is 0 Å². The van der Waals surface area contributed by atoms with E-state index in [9.17, 15) is 4.79 Å². The third kappa shape index (κ3) is 4.91. The van der Waals surface area contributed by atoms with Gasteiger partial charge in [0.15, 0.2) is 0 Å². The minimum atomic E-state index is 0.0106. The first-order valence-electron chi connectivity index (χ1n) is 6.66. The Labute approximate surface area is 115 Å². The van der Waals surface area contributed by atoms with Crippen LogP contribution in [0.5, 0.6) is 5.75 Å². The van der Waals surface area contributed by atoms with Crippen molar-refractivity contribution in [2.24, 2.45) is 11.7 Å². The molecule has 0 radical (unpaired) electrons. The summed E-state index contributed by atoms with van der Waals surface area (Å²) in [5.41, 5.74) is 6.24. The number of amides is 1. The van der Waals surface area contributed by atoms with Gasteiger partial charge in [-0.05, 0) is 50.6 Å². The van der Waals surface area contributed by atoms with E-state index in [-0.39, 0.29) is 12.0 Å². The predicted octanol–water partition coefficient (Wildman–Crippen LogP) is 2.14. The summed E-state index contributed by atoms with van der Waals surface area (Å²) in [6.07, 6.45) is 0.134. The molecule has 106 valence electrons. The van der Waals surface area contributed by atoms with Crippen LogP contribution in [0.3, 0.4) is 0 Å². The zero-order chi connectivity index (χ0) is 14.4. The Kier molecular flexibility index (Phi) is 5.83. The van der Waals surface area contributed by atoms with Crippen LogP contribution in [0.4, 0.5) is 0 Å². The van der Waals surface area contributed by atoms with Crippen molar-refractivity contribution < 1.29 is 9.53 Å². The molecule has 1 amide bonds. The molecule has 2 N–H and O–H groups in total. The molecule has 1 aromatic rings. The Morgan fingerprint density at radius 2 is 1.84 bits per heavy atom. The highest BCUT2D eigenvalue weighted by atomic mass is 16.5. The van der Waals surface area contributed by atoms with Gasteiger partial charge >= 0.3 is 0 Å². The van der Waals surface area contributed by atoms with E-state index in [2.05, 4.69) is 0 Å². The molecule has 0 fully saturated rings. The van der Waals surface area contributed by atoms with Gasteiger partial charge < -0.3 is 15.4 Å². The Morgan fingerprint density at radius 3 is 2.32 bits per heavy atom. The number of carbonyl (C=O) groups excluding carboxylic acids is 1. The number of hydrogen-bond donors (Lipinski definition) is 1. The van der Waals surface area contributed by atoms with Crippen LogP contribution in [0, 0.1) is 5.92 Å². The van der Waals surface area contributed by atoms with E-state index in [4.69, 9.17) is 10.5 Å². The summed E-state index contributed by atoms with van der Waals surface area (Å²) in [6.45, 7) is 7.23. The van der Waals surface area contributed by atoms with Crippen LogP contribution in [0.15, 0.2) is 24.3 Å². The number of nitrogens with zero attached hydrogens (tertiary/aromatic N) is 1. The summed E-state index contributed by atoms with van der Waals surface area (Å²) in [6, 6.07) is 7.24. The van der Waals surface area contributed by atoms with Gasteiger partial charge in [-0.3, -0.25) is 4.79 Å². The molecule has 0 spiro atoms. The highest BCUT2D eigenvalue weighted by Gasteiger charge is 2.13. The fourth-order valence-electron chi connectivity index (χ4n) is 1.79. The molecular formula is C15H24N2O2. The number of rotatable bonds is 6.